The van der Waals surface area contributed by atoms with Crippen LogP contribution < -0.4 is 5.73 Å². The SMILES string of the molecule is CC(CN)c1cnc2c(F)cccn12. The molecule has 2 N–H and O–H groups in total. The minimum atomic E-state index is -0.303. The van der Waals surface area contributed by atoms with Crippen LogP contribution in [0.4, 0.5) is 4.39 Å². The Labute approximate surface area is 81.4 Å². The van der Waals surface area contributed by atoms with Crippen molar-refractivity contribution < 1.29 is 4.39 Å². The van der Waals surface area contributed by atoms with Crippen molar-refractivity contribution in [3.05, 3.63) is 36.0 Å². The Bertz CT molecular complexity index is 450. The first-order valence-electron chi connectivity index (χ1n) is 4.55. The van der Waals surface area contributed by atoms with Gasteiger partial charge in [-0.05, 0) is 12.1 Å². The van der Waals surface area contributed by atoms with Crippen LogP contribution in [0.25, 0.3) is 5.65 Å². The van der Waals surface area contributed by atoms with E-state index < -0.39 is 0 Å². The largest absolute Gasteiger partial charge is 0.330 e. The standard InChI is InChI=1S/C10H12FN3/c1-7(5-12)9-6-13-10-8(11)3-2-4-14(9)10/h2-4,6-7H,5,12H2,1H3. The number of halogens is 1. The molecule has 0 bridgehead atoms. The second kappa shape index (κ2) is 3.38. The zero-order chi connectivity index (χ0) is 10.1. The average molecular weight is 193 g/mol. The van der Waals surface area contributed by atoms with Gasteiger partial charge in [0.05, 0.1) is 0 Å². The summed E-state index contributed by atoms with van der Waals surface area (Å²) in [7, 11) is 0. The quantitative estimate of drug-likeness (QED) is 0.786. The topological polar surface area (TPSA) is 43.3 Å². The van der Waals surface area contributed by atoms with E-state index in [-0.39, 0.29) is 11.7 Å². The highest BCUT2D eigenvalue weighted by atomic mass is 19.1. The first-order chi connectivity index (χ1) is 6.74. The molecule has 2 heterocycles. The second-order valence-electron chi connectivity index (χ2n) is 3.37. The van der Waals surface area contributed by atoms with Gasteiger partial charge in [0, 0.05) is 30.6 Å². The van der Waals surface area contributed by atoms with Crippen LogP contribution in [0.1, 0.15) is 18.5 Å². The van der Waals surface area contributed by atoms with Crippen LogP contribution in [0.2, 0.25) is 0 Å². The van der Waals surface area contributed by atoms with E-state index in [1.54, 1.807) is 22.9 Å². The van der Waals surface area contributed by atoms with Gasteiger partial charge in [0.2, 0.25) is 0 Å². The number of hydrogen-bond acceptors (Lipinski definition) is 2. The molecule has 0 aliphatic rings. The number of nitrogens with two attached hydrogens (primary N) is 1. The summed E-state index contributed by atoms with van der Waals surface area (Å²) in [6, 6.07) is 3.07. The third-order valence-electron chi connectivity index (χ3n) is 2.38. The summed E-state index contributed by atoms with van der Waals surface area (Å²) >= 11 is 0. The molecule has 0 saturated heterocycles. The molecule has 0 aliphatic heterocycles. The van der Waals surface area contributed by atoms with Gasteiger partial charge >= 0.3 is 0 Å². The maximum atomic E-state index is 13.3. The highest BCUT2D eigenvalue weighted by molar-refractivity contribution is 5.42. The third-order valence-corrected chi connectivity index (χ3v) is 2.38. The molecule has 74 valence electrons. The van der Waals surface area contributed by atoms with Crippen molar-refractivity contribution in [2.45, 2.75) is 12.8 Å². The van der Waals surface area contributed by atoms with E-state index in [4.69, 9.17) is 5.73 Å². The van der Waals surface area contributed by atoms with Crippen LogP contribution in [0.15, 0.2) is 24.5 Å². The number of rotatable bonds is 2. The Kier molecular flexibility index (Phi) is 2.21. The van der Waals surface area contributed by atoms with Gasteiger partial charge in [-0.1, -0.05) is 6.92 Å². The summed E-state index contributed by atoms with van der Waals surface area (Å²) in [5.74, 6) is -0.116. The van der Waals surface area contributed by atoms with Gasteiger partial charge in [-0.25, -0.2) is 9.37 Å². The Morgan fingerprint density at radius 2 is 2.43 bits per heavy atom. The minimum absolute atomic E-state index is 0.187. The van der Waals surface area contributed by atoms with Crippen molar-refractivity contribution in [3.8, 4) is 0 Å². The monoisotopic (exact) mass is 193 g/mol. The van der Waals surface area contributed by atoms with E-state index >= 15 is 0 Å². The fourth-order valence-corrected chi connectivity index (χ4v) is 1.48. The first-order valence-corrected chi connectivity index (χ1v) is 4.55. The molecule has 2 aromatic rings. The van der Waals surface area contributed by atoms with Gasteiger partial charge < -0.3 is 10.1 Å². The predicted octanol–water partition coefficient (Wildman–Crippen LogP) is 1.54. The van der Waals surface area contributed by atoms with Crippen LogP contribution in [-0.2, 0) is 0 Å². The zero-order valence-corrected chi connectivity index (χ0v) is 7.94. The number of pyridine rings is 1. The van der Waals surface area contributed by atoms with E-state index in [1.165, 1.54) is 6.07 Å². The fraction of sp³-hybridized carbons (Fsp3) is 0.300. The van der Waals surface area contributed by atoms with Gasteiger partial charge in [-0.15, -0.1) is 0 Å². The van der Waals surface area contributed by atoms with E-state index in [0.29, 0.717) is 12.2 Å². The first kappa shape index (κ1) is 9.15. The number of aromatic nitrogens is 2. The highest BCUT2D eigenvalue weighted by Crippen LogP contribution is 2.17. The number of fused-ring (bicyclic) bond motifs is 1. The molecule has 0 fully saturated rings. The molecule has 1 atom stereocenters. The number of nitrogens with zero attached hydrogens (tertiary/aromatic N) is 2. The molecule has 0 saturated carbocycles. The van der Waals surface area contributed by atoms with E-state index in [2.05, 4.69) is 4.98 Å². The van der Waals surface area contributed by atoms with Crippen molar-refractivity contribution in [2.24, 2.45) is 5.73 Å². The molecule has 14 heavy (non-hydrogen) atoms. The minimum Gasteiger partial charge on any atom is -0.330 e. The molecule has 0 aromatic carbocycles. The summed E-state index contributed by atoms with van der Waals surface area (Å²) in [5, 5.41) is 0. The zero-order valence-electron chi connectivity index (χ0n) is 7.94. The van der Waals surface area contributed by atoms with Crippen molar-refractivity contribution >= 4 is 5.65 Å². The van der Waals surface area contributed by atoms with Gasteiger partial charge in [-0.2, -0.15) is 0 Å². The molecule has 3 nitrogen and oxygen atoms in total. The van der Waals surface area contributed by atoms with Crippen molar-refractivity contribution in [1.82, 2.24) is 9.38 Å². The summed E-state index contributed by atoms with van der Waals surface area (Å²) in [6.45, 7) is 2.53. The van der Waals surface area contributed by atoms with Gasteiger partial charge in [0.1, 0.15) is 0 Å². The molecule has 0 spiro atoms. The number of hydrogen-bond donors (Lipinski definition) is 1. The Morgan fingerprint density at radius 1 is 1.64 bits per heavy atom. The molecule has 0 amide bonds. The fourth-order valence-electron chi connectivity index (χ4n) is 1.48. The molecule has 2 rings (SSSR count). The molecule has 2 aromatic heterocycles. The maximum absolute atomic E-state index is 13.3. The molecular formula is C10H12FN3. The van der Waals surface area contributed by atoms with Crippen LogP contribution >= 0.6 is 0 Å². The van der Waals surface area contributed by atoms with E-state index in [1.807, 2.05) is 6.92 Å². The number of imidazole rings is 1. The molecule has 1 unspecified atom stereocenters. The second-order valence-corrected chi connectivity index (χ2v) is 3.37. The summed E-state index contributed by atoms with van der Waals surface area (Å²) in [5.41, 5.74) is 6.87. The van der Waals surface area contributed by atoms with Gasteiger partial charge in [-0.3, -0.25) is 0 Å². The Balaban J connectivity index is 2.63. The lowest BCUT2D eigenvalue weighted by molar-refractivity contribution is 0.627. The Hall–Kier alpha value is -1.42. The molecule has 0 radical (unpaired) electrons. The lowest BCUT2D eigenvalue weighted by atomic mass is 10.1. The third kappa shape index (κ3) is 1.28. The smallest absolute Gasteiger partial charge is 0.173 e. The van der Waals surface area contributed by atoms with Crippen LogP contribution in [0, 0.1) is 5.82 Å². The van der Waals surface area contributed by atoms with Crippen LogP contribution in [0.5, 0.6) is 0 Å². The van der Waals surface area contributed by atoms with Gasteiger partial charge in [0.25, 0.3) is 0 Å². The summed E-state index contributed by atoms with van der Waals surface area (Å²) in [6.07, 6.45) is 3.48. The Morgan fingerprint density at radius 3 is 3.14 bits per heavy atom. The predicted molar refractivity (Wildman–Crippen MR) is 52.6 cm³/mol. The van der Waals surface area contributed by atoms with Crippen molar-refractivity contribution in [2.75, 3.05) is 6.54 Å². The van der Waals surface area contributed by atoms with Crippen LogP contribution in [-0.4, -0.2) is 15.9 Å². The summed E-state index contributed by atoms with van der Waals surface area (Å²) in [4.78, 5) is 4.02. The van der Waals surface area contributed by atoms with E-state index in [0.717, 1.165) is 5.69 Å². The summed E-state index contributed by atoms with van der Waals surface area (Å²) < 4.78 is 15.0. The van der Waals surface area contributed by atoms with Gasteiger partial charge in [0.15, 0.2) is 11.5 Å². The van der Waals surface area contributed by atoms with E-state index in [9.17, 15) is 4.39 Å². The maximum Gasteiger partial charge on any atom is 0.173 e. The van der Waals surface area contributed by atoms with Crippen LogP contribution in [0.3, 0.4) is 0 Å². The molecule has 0 aliphatic carbocycles. The molecule has 4 heteroatoms. The normalized spacial score (nSPS) is 13.4. The lowest BCUT2D eigenvalue weighted by Gasteiger charge is -2.07. The lowest BCUT2D eigenvalue weighted by Crippen LogP contribution is -2.10. The highest BCUT2D eigenvalue weighted by Gasteiger charge is 2.11. The average Bonchev–Trinajstić information content (AvgIpc) is 2.62. The molecular weight excluding hydrogens is 181 g/mol. The van der Waals surface area contributed by atoms with Crippen molar-refractivity contribution in [1.29, 1.82) is 0 Å². The van der Waals surface area contributed by atoms with Crippen molar-refractivity contribution in [3.63, 3.8) is 0 Å².